The highest BCUT2D eigenvalue weighted by Crippen LogP contribution is 2.06. The fraction of sp³-hybridized carbons (Fsp3) is 0.605. The van der Waals surface area contributed by atoms with Gasteiger partial charge in [0.05, 0.1) is 6.42 Å². The van der Waals surface area contributed by atoms with E-state index in [-0.39, 0.29) is 38.4 Å². The molecule has 0 aliphatic heterocycles. The fourth-order valence-electron chi connectivity index (χ4n) is 3.61. The molecular weight excluding hydrogens is 552 g/mol. The molecule has 0 aromatic heterocycles. The lowest BCUT2D eigenvalue weighted by molar-refractivity contribution is -0.166. The zero-order valence-electron chi connectivity index (χ0n) is 28.5. The third-order valence-electron chi connectivity index (χ3n) is 6.03. The van der Waals surface area contributed by atoms with Crippen molar-refractivity contribution in [3.05, 3.63) is 72.9 Å². The van der Waals surface area contributed by atoms with Crippen LogP contribution in [0.3, 0.4) is 0 Å². The Morgan fingerprint density at radius 2 is 1.07 bits per heavy atom. The normalized spacial score (nSPS) is 12.5. The second kappa shape index (κ2) is 36.0. The Balaban J connectivity index is 0. The van der Waals surface area contributed by atoms with Gasteiger partial charge in [-0.3, -0.25) is 14.4 Å². The molecule has 0 aromatic carbocycles. The van der Waals surface area contributed by atoms with Crippen molar-refractivity contribution in [1.29, 1.82) is 0 Å². The van der Waals surface area contributed by atoms with Crippen molar-refractivity contribution in [2.24, 2.45) is 0 Å². The Kier molecular flexibility index (Phi) is 35.2. The summed E-state index contributed by atoms with van der Waals surface area (Å²) in [5.74, 6) is -1.21. The molecule has 0 N–H and O–H groups in total. The van der Waals surface area contributed by atoms with Gasteiger partial charge in [-0.1, -0.05) is 120 Å². The SMILES string of the molecule is C/C=C\CC(=O)OCC(COC(=O)CCC/C=C\C/C=C\C/C=C\C/C=C\CCCCC)OC(=O)CC/C=C\CCC.CC. The van der Waals surface area contributed by atoms with Gasteiger partial charge in [0.2, 0.25) is 0 Å². The largest absolute Gasteiger partial charge is 0.462 e. The first-order chi connectivity index (χ1) is 21.5. The van der Waals surface area contributed by atoms with E-state index in [1.54, 1.807) is 12.2 Å². The summed E-state index contributed by atoms with van der Waals surface area (Å²) in [4.78, 5) is 36.3. The fourth-order valence-corrected chi connectivity index (χ4v) is 3.61. The Labute approximate surface area is 269 Å². The number of hydrogen-bond acceptors (Lipinski definition) is 6. The van der Waals surface area contributed by atoms with Gasteiger partial charge in [-0.15, -0.1) is 0 Å². The summed E-state index contributed by atoms with van der Waals surface area (Å²) >= 11 is 0. The van der Waals surface area contributed by atoms with Gasteiger partial charge in [0.1, 0.15) is 13.2 Å². The summed E-state index contributed by atoms with van der Waals surface area (Å²) in [5, 5.41) is 0. The maximum atomic E-state index is 12.2. The summed E-state index contributed by atoms with van der Waals surface area (Å²) in [7, 11) is 0. The molecule has 0 heterocycles. The highest BCUT2D eigenvalue weighted by Gasteiger charge is 2.19. The standard InChI is InChI=1S/C36H56O6.C2H6/c1-4-7-10-12-13-14-15-16-17-18-19-20-21-22-23-25-26-29-35(38)41-32-33(31-40-34(37)28-9-6-3)42-36(39)30-27-24-11-8-5-2;1-2/h6,9,11,13-14,16-17,19-20,22-24,33H,4-5,7-8,10,12,15,18,21,25-32H2,1-3H3;1-2H3/b9-6-,14-13-,17-16-,20-19-,23-22-,24-11-;. The average molecular weight is 615 g/mol. The summed E-state index contributed by atoms with van der Waals surface area (Å²) in [6, 6.07) is 0. The van der Waals surface area contributed by atoms with Gasteiger partial charge in [0, 0.05) is 12.8 Å². The summed E-state index contributed by atoms with van der Waals surface area (Å²) in [5.41, 5.74) is 0. The minimum absolute atomic E-state index is 0.136. The van der Waals surface area contributed by atoms with Gasteiger partial charge < -0.3 is 14.2 Å². The quantitative estimate of drug-likeness (QED) is 0.0417. The maximum absolute atomic E-state index is 12.2. The molecule has 250 valence electrons. The molecule has 6 heteroatoms. The van der Waals surface area contributed by atoms with E-state index >= 15 is 0 Å². The Morgan fingerprint density at radius 3 is 1.64 bits per heavy atom. The number of carbonyl (C=O) groups is 3. The van der Waals surface area contributed by atoms with Crippen molar-refractivity contribution in [2.45, 2.75) is 137 Å². The Bertz CT molecular complexity index is 863. The molecule has 0 bridgehead atoms. The van der Waals surface area contributed by atoms with Gasteiger partial charge in [-0.25, -0.2) is 0 Å². The molecule has 0 aliphatic rings. The van der Waals surface area contributed by atoms with Gasteiger partial charge in [0.25, 0.3) is 0 Å². The van der Waals surface area contributed by atoms with E-state index in [1.165, 1.54) is 25.7 Å². The van der Waals surface area contributed by atoms with Crippen molar-refractivity contribution in [1.82, 2.24) is 0 Å². The van der Waals surface area contributed by atoms with Crippen LogP contribution in [0, 0.1) is 0 Å². The zero-order valence-corrected chi connectivity index (χ0v) is 28.5. The summed E-state index contributed by atoms with van der Waals surface area (Å²) in [6.45, 7) is 9.84. The number of ether oxygens (including phenoxy) is 3. The Morgan fingerprint density at radius 1 is 0.545 bits per heavy atom. The lowest BCUT2D eigenvalue weighted by Crippen LogP contribution is -2.30. The number of unbranched alkanes of at least 4 members (excludes halogenated alkanes) is 5. The van der Waals surface area contributed by atoms with Crippen LogP contribution in [0.25, 0.3) is 0 Å². The van der Waals surface area contributed by atoms with Crippen molar-refractivity contribution >= 4 is 17.9 Å². The lowest BCUT2D eigenvalue weighted by atomic mass is 10.2. The average Bonchev–Trinajstić information content (AvgIpc) is 3.03. The first-order valence-electron chi connectivity index (χ1n) is 16.9. The number of carbonyl (C=O) groups excluding carboxylic acids is 3. The molecule has 1 unspecified atom stereocenters. The summed E-state index contributed by atoms with van der Waals surface area (Å²) < 4.78 is 16.0. The van der Waals surface area contributed by atoms with Gasteiger partial charge >= 0.3 is 17.9 Å². The van der Waals surface area contributed by atoms with E-state index < -0.39 is 18.0 Å². The van der Waals surface area contributed by atoms with Crippen molar-refractivity contribution in [3.8, 4) is 0 Å². The van der Waals surface area contributed by atoms with Crippen molar-refractivity contribution < 1.29 is 28.6 Å². The molecule has 0 aromatic rings. The maximum Gasteiger partial charge on any atom is 0.309 e. The molecule has 0 aliphatic carbocycles. The van der Waals surface area contributed by atoms with Gasteiger partial charge in [-0.05, 0) is 64.7 Å². The van der Waals surface area contributed by atoms with E-state index in [0.29, 0.717) is 12.8 Å². The highest BCUT2D eigenvalue weighted by molar-refractivity contribution is 5.72. The second-order valence-corrected chi connectivity index (χ2v) is 10.0. The van der Waals surface area contributed by atoms with Crippen LogP contribution in [0.2, 0.25) is 0 Å². The minimum atomic E-state index is -0.829. The predicted molar refractivity (Wildman–Crippen MR) is 184 cm³/mol. The molecule has 0 fully saturated rings. The van der Waals surface area contributed by atoms with Gasteiger partial charge in [0.15, 0.2) is 6.10 Å². The highest BCUT2D eigenvalue weighted by atomic mass is 16.6. The van der Waals surface area contributed by atoms with E-state index in [2.05, 4.69) is 62.5 Å². The monoisotopic (exact) mass is 614 g/mol. The second-order valence-electron chi connectivity index (χ2n) is 10.0. The van der Waals surface area contributed by atoms with Crippen LogP contribution < -0.4 is 0 Å². The summed E-state index contributed by atoms with van der Waals surface area (Å²) in [6.07, 6.45) is 36.5. The molecule has 0 saturated carbocycles. The van der Waals surface area contributed by atoms with Crippen molar-refractivity contribution in [2.75, 3.05) is 13.2 Å². The molecule has 0 spiro atoms. The van der Waals surface area contributed by atoms with Crippen LogP contribution in [-0.2, 0) is 28.6 Å². The molecule has 0 rings (SSSR count). The molecule has 0 radical (unpaired) electrons. The molecule has 0 saturated heterocycles. The molecular formula is C38H62O6. The first kappa shape index (κ1) is 43.0. The molecule has 44 heavy (non-hydrogen) atoms. The molecule has 0 amide bonds. The smallest absolute Gasteiger partial charge is 0.309 e. The van der Waals surface area contributed by atoms with Crippen LogP contribution in [0.4, 0.5) is 0 Å². The van der Waals surface area contributed by atoms with Crippen molar-refractivity contribution in [3.63, 3.8) is 0 Å². The number of rotatable bonds is 26. The van der Waals surface area contributed by atoms with E-state index in [9.17, 15) is 14.4 Å². The van der Waals surface area contributed by atoms with Crippen LogP contribution >= 0.6 is 0 Å². The molecule has 1 atom stereocenters. The van der Waals surface area contributed by atoms with Crippen LogP contribution in [0.1, 0.15) is 131 Å². The third kappa shape index (κ3) is 33.4. The lowest BCUT2D eigenvalue weighted by Gasteiger charge is -2.18. The van der Waals surface area contributed by atoms with E-state index in [1.807, 2.05) is 32.9 Å². The van der Waals surface area contributed by atoms with Gasteiger partial charge in [-0.2, -0.15) is 0 Å². The molecule has 6 nitrogen and oxygen atoms in total. The minimum Gasteiger partial charge on any atom is -0.462 e. The first-order valence-corrected chi connectivity index (χ1v) is 16.9. The number of hydrogen-bond donors (Lipinski definition) is 0. The number of allylic oxidation sites excluding steroid dienone is 11. The van der Waals surface area contributed by atoms with E-state index in [0.717, 1.165) is 38.5 Å². The number of esters is 3. The Hall–Kier alpha value is -3.15. The van der Waals surface area contributed by atoms with Crippen LogP contribution in [0.15, 0.2) is 72.9 Å². The predicted octanol–water partition coefficient (Wildman–Crippen LogP) is 10.3. The van der Waals surface area contributed by atoms with Crippen LogP contribution in [0.5, 0.6) is 0 Å². The zero-order chi connectivity index (χ0) is 32.9. The van der Waals surface area contributed by atoms with Crippen LogP contribution in [-0.4, -0.2) is 37.2 Å². The third-order valence-corrected chi connectivity index (χ3v) is 6.03. The topological polar surface area (TPSA) is 78.9 Å². The van der Waals surface area contributed by atoms with E-state index in [4.69, 9.17) is 14.2 Å².